The summed E-state index contributed by atoms with van der Waals surface area (Å²) in [6.45, 7) is 4.59. The highest BCUT2D eigenvalue weighted by Crippen LogP contribution is 2.33. The number of thioether (sulfide) groups is 1. The second-order valence-corrected chi connectivity index (χ2v) is 4.65. The van der Waals surface area contributed by atoms with Gasteiger partial charge in [-0.2, -0.15) is 24.4 Å². The highest BCUT2D eigenvalue weighted by Gasteiger charge is 2.25. The summed E-state index contributed by atoms with van der Waals surface area (Å²) in [7, 11) is 0. The van der Waals surface area contributed by atoms with Gasteiger partial charge in [-0.1, -0.05) is 13.8 Å². The number of aliphatic hydroxyl groups excluding tert-OH is 1. The average molecular weight is 194 g/mol. The molecule has 68 valence electrons. The van der Waals surface area contributed by atoms with Crippen molar-refractivity contribution in [2.75, 3.05) is 18.1 Å². The Kier molecular flexibility index (Phi) is 6.58. The van der Waals surface area contributed by atoms with Gasteiger partial charge in [-0.25, -0.2) is 0 Å². The molecule has 11 heavy (non-hydrogen) atoms. The molecule has 0 saturated carbocycles. The van der Waals surface area contributed by atoms with Crippen LogP contribution in [0.15, 0.2) is 0 Å². The van der Waals surface area contributed by atoms with Crippen molar-refractivity contribution in [1.29, 1.82) is 0 Å². The third-order valence-electron chi connectivity index (χ3n) is 1.95. The van der Waals surface area contributed by atoms with E-state index in [2.05, 4.69) is 26.5 Å². The Balaban J connectivity index is 3.96. The second kappa shape index (κ2) is 6.21. The maximum atomic E-state index is 8.84. The smallest absolute Gasteiger partial charge is 0.0444 e. The zero-order chi connectivity index (χ0) is 8.74. The van der Waals surface area contributed by atoms with Gasteiger partial charge in [-0.3, -0.25) is 0 Å². The van der Waals surface area contributed by atoms with Gasteiger partial charge >= 0.3 is 0 Å². The number of hydrogen-bond donors (Lipinski definition) is 2. The fourth-order valence-electron chi connectivity index (χ4n) is 1.10. The minimum Gasteiger partial charge on any atom is -0.396 e. The van der Waals surface area contributed by atoms with Gasteiger partial charge in [0.25, 0.3) is 0 Å². The van der Waals surface area contributed by atoms with E-state index in [9.17, 15) is 0 Å². The summed E-state index contributed by atoms with van der Waals surface area (Å²) in [5.74, 6) is 1.97. The lowest BCUT2D eigenvalue weighted by molar-refractivity contribution is 0.271. The van der Waals surface area contributed by atoms with Crippen molar-refractivity contribution in [2.24, 2.45) is 0 Å². The highest BCUT2D eigenvalue weighted by atomic mass is 32.2. The van der Waals surface area contributed by atoms with E-state index in [-0.39, 0.29) is 11.4 Å². The Bertz CT molecular complexity index is 84.1. The van der Waals surface area contributed by atoms with Crippen molar-refractivity contribution >= 4 is 24.4 Å². The Labute approximate surface area is 79.4 Å². The minimum atomic E-state index is 0.215. The molecule has 0 aromatic rings. The number of rotatable bonds is 6. The molecular weight excluding hydrogens is 176 g/mol. The van der Waals surface area contributed by atoms with Gasteiger partial charge in [-0.15, -0.1) is 0 Å². The topological polar surface area (TPSA) is 20.2 Å². The van der Waals surface area contributed by atoms with E-state index in [4.69, 9.17) is 5.11 Å². The molecule has 0 aliphatic rings. The van der Waals surface area contributed by atoms with Crippen LogP contribution in [-0.4, -0.2) is 28.0 Å². The number of aliphatic hydroxyl groups is 1. The maximum Gasteiger partial charge on any atom is 0.0444 e. The standard InChI is InChI=1S/C8H18OS2/c1-3-8(7-10,5-6-9)11-4-2/h9-10H,3-7H2,1-2H3. The first-order valence-electron chi connectivity index (χ1n) is 4.10. The zero-order valence-corrected chi connectivity index (χ0v) is 9.05. The Morgan fingerprint density at radius 1 is 1.45 bits per heavy atom. The summed E-state index contributed by atoms with van der Waals surface area (Å²) in [5.41, 5.74) is 0. The van der Waals surface area contributed by atoms with Crippen LogP contribution in [0.1, 0.15) is 26.7 Å². The van der Waals surface area contributed by atoms with Crippen LogP contribution in [0.2, 0.25) is 0 Å². The molecule has 0 heterocycles. The van der Waals surface area contributed by atoms with E-state index in [1.165, 1.54) is 0 Å². The summed E-state index contributed by atoms with van der Waals surface area (Å²) in [5, 5.41) is 8.84. The van der Waals surface area contributed by atoms with Gasteiger partial charge < -0.3 is 5.11 Å². The quantitative estimate of drug-likeness (QED) is 0.632. The van der Waals surface area contributed by atoms with Crippen molar-refractivity contribution in [3.05, 3.63) is 0 Å². The molecule has 0 bridgehead atoms. The molecule has 0 aromatic carbocycles. The predicted octanol–water partition coefficient (Wildman–Crippen LogP) is 2.20. The molecule has 0 saturated heterocycles. The molecule has 0 fully saturated rings. The molecule has 1 nitrogen and oxygen atoms in total. The molecule has 0 spiro atoms. The lowest BCUT2D eigenvalue weighted by Gasteiger charge is -2.29. The number of hydrogen-bond acceptors (Lipinski definition) is 3. The summed E-state index contributed by atoms with van der Waals surface area (Å²) in [6, 6.07) is 0. The Morgan fingerprint density at radius 2 is 2.09 bits per heavy atom. The third kappa shape index (κ3) is 3.72. The molecule has 0 radical (unpaired) electrons. The molecule has 0 aliphatic carbocycles. The van der Waals surface area contributed by atoms with Gasteiger partial charge in [0.2, 0.25) is 0 Å². The molecule has 0 amide bonds. The van der Waals surface area contributed by atoms with E-state index in [1.54, 1.807) is 0 Å². The lowest BCUT2D eigenvalue weighted by atomic mass is 10.0. The van der Waals surface area contributed by atoms with Gasteiger partial charge in [-0.05, 0) is 18.6 Å². The Hall–Kier alpha value is 0.660. The number of thiol groups is 1. The van der Waals surface area contributed by atoms with Crippen molar-refractivity contribution in [3.8, 4) is 0 Å². The van der Waals surface area contributed by atoms with Crippen LogP contribution in [0.4, 0.5) is 0 Å². The molecule has 1 atom stereocenters. The minimum absolute atomic E-state index is 0.215. The van der Waals surface area contributed by atoms with Crippen molar-refractivity contribution < 1.29 is 5.11 Å². The first kappa shape index (κ1) is 11.7. The van der Waals surface area contributed by atoms with E-state index < -0.39 is 0 Å². The van der Waals surface area contributed by atoms with Gasteiger partial charge in [0.05, 0.1) is 0 Å². The molecule has 0 rings (SSSR count). The lowest BCUT2D eigenvalue weighted by Crippen LogP contribution is -2.27. The summed E-state index contributed by atoms with van der Waals surface area (Å²) in [6.07, 6.45) is 1.96. The van der Waals surface area contributed by atoms with E-state index in [0.29, 0.717) is 0 Å². The predicted molar refractivity (Wildman–Crippen MR) is 56.7 cm³/mol. The monoisotopic (exact) mass is 194 g/mol. The third-order valence-corrected chi connectivity index (χ3v) is 4.31. The van der Waals surface area contributed by atoms with Gasteiger partial charge in [0, 0.05) is 17.1 Å². The molecule has 3 heteroatoms. The van der Waals surface area contributed by atoms with Crippen LogP contribution in [-0.2, 0) is 0 Å². The van der Waals surface area contributed by atoms with Crippen molar-refractivity contribution in [2.45, 2.75) is 31.4 Å². The van der Waals surface area contributed by atoms with E-state index >= 15 is 0 Å². The van der Waals surface area contributed by atoms with Crippen LogP contribution < -0.4 is 0 Å². The summed E-state index contributed by atoms with van der Waals surface area (Å²) >= 11 is 6.23. The molecule has 0 aliphatic heterocycles. The summed E-state index contributed by atoms with van der Waals surface area (Å²) < 4.78 is 0.215. The SMILES string of the molecule is CCSC(CC)(CS)CCO. The Morgan fingerprint density at radius 3 is 2.36 bits per heavy atom. The highest BCUT2D eigenvalue weighted by molar-refractivity contribution is 8.01. The van der Waals surface area contributed by atoms with Gasteiger partial charge in [0.1, 0.15) is 0 Å². The normalized spacial score (nSPS) is 16.4. The average Bonchev–Trinajstić information content (AvgIpc) is 2.04. The first-order valence-corrected chi connectivity index (χ1v) is 5.72. The maximum absolute atomic E-state index is 8.84. The first-order chi connectivity index (χ1) is 5.24. The van der Waals surface area contributed by atoms with Crippen LogP contribution in [0.5, 0.6) is 0 Å². The zero-order valence-electron chi connectivity index (χ0n) is 7.34. The van der Waals surface area contributed by atoms with Crippen molar-refractivity contribution in [1.82, 2.24) is 0 Å². The van der Waals surface area contributed by atoms with Crippen LogP contribution in [0, 0.1) is 0 Å². The van der Waals surface area contributed by atoms with Crippen molar-refractivity contribution in [3.63, 3.8) is 0 Å². The molecule has 0 aromatic heterocycles. The van der Waals surface area contributed by atoms with Gasteiger partial charge in [0.15, 0.2) is 0 Å². The fourth-order valence-corrected chi connectivity index (χ4v) is 2.90. The van der Waals surface area contributed by atoms with Crippen LogP contribution in [0.3, 0.4) is 0 Å². The fraction of sp³-hybridized carbons (Fsp3) is 1.00. The van der Waals surface area contributed by atoms with E-state index in [1.807, 2.05) is 11.8 Å². The second-order valence-electron chi connectivity index (χ2n) is 2.60. The molecule has 1 N–H and O–H groups in total. The molecular formula is C8H18OS2. The largest absolute Gasteiger partial charge is 0.396 e. The van der Waals surface area contributed by atoms with E-state index in [0.717, 1.165) is 24.3 Å². The molecule has 1 unspecified atom stereocenters. The van der Waals surface area contributed by atoms with Crippen LogP contribution >= 0.6 is 24.4 Å². The van der Waals surface area contributed by atoms with Crippen LogP contribution in [0.25, 0.3) is 0 Å². The summed E-state index contributed by atoms with van der Waals surface area (Å²) in [4.78, 5) is 0.